The fourth-order valence-corrected chi connectivity index (χ4v) is 4.68. The Morgan fingerprint density at radius 1 is 1.04 bits per heavy atom. The molecule has 0 aromatic carbocycles. The smallest absolute Gasteiger partial charge is 0.265 e. The van der Waals surface area contributed by atoms with E-state index >= 15 is 0 Å². The monoisotopic (exact) mass is 363 g/mol. The second-order valence-corrected chi connectivity index (χ2v) is 9.28. The van der Waals surface area contributed by atoms with Gasteiger partial charge in [0, 0.05) is 37.5 Å². The number of thiazole rings is 1. The molecule has 0 atom stereocenters. The highest BCUT2D eigenvalue weighted by molar-refractivity contribution is 7.14. The lowest BCUT2D eigenvalue weighted by Crippen LogP contribution is -2.43. The molecular formula is C19H29N3O2S. The number of hydrogen-bond acceptors (Lipinski definition) is 4. The van der Waals surface area contributed by atoms with Gasteiger partial charge in [0.2, 0.25) is 5.91 Å². The van der Waals surface area contributed by atoms with Crippen LogP contribution < -0.4 is 0 Å². The maximum atomic E-state index is 12.9. The molecule has 0 saturated carbocycles. The number of hydrogen-bond donors (Lipinski definition) is 0. The summed E-state index contributed by atoms with van der Waals surface area (Å²) in [6.45, 7) is 11.4. The molecule has 0 N–H and O–H groups in total. The lowest BCUT2D eigenvalue weighted by Gasteiger charge is -2.33. The van der Waals surface area contributed by atoms with E-state index in [-0.39, 0.29) is 17.2 Å². The van der Waals surface area contributed by atoms with Gasteiger partial charge in [0.1, 0.15) is 4.88 Å². The summed E-state index contributed by atoms with van der Waals surface area (Å²) in [5.41, 5.74) is 0.790. The minimum Gasteiger partial charge on any atom is -0.342 e. The Kier molecular flexibility index (Phi) is 5.19. The minimum absolute atomic E-state index is 0.0386. The molecule has 2 aliphatic heterocycles. The van der Waals surface area contributed by atoms with Crippen molar-refractivity contribution in [2.75, 3.05) is 26.2 Å². The summed E-state index contributed by atoms with van der Waals surface area (Å²) in [5.74, 6) is 0.473. The summed E-state index contributed by atoms with van der Waals surface area (Å²) in [7, 11) is 0. The Labute approximate surface area is 154 Å². The first-order chi connectivity index (χ1) is 11.8. The first-order valence-corrected chi connectivity index (χ1v) is 10.1. The Morgan fingerprint density at radius 2 is 1.64 bits per heavy atom. The van der Waals surface area contributed by atoms with Gasteiger partial charge in [-0.3, -0.25) is 9.59 Å². The van der Waals surface area contributed by atoms with Crippen LogP contribution in [0, 0.1) is 12.8 Å². The van der Waals surface area contributed by atoms with Crippen LogP contribution in [0.3, 0.4) is 0 Å². The lowest BCUT2D eigenvalue weighted by atomic mass is 9.95. The van der Waals surface area contributed by atoms with Crippen LogP contribution in [0.2, 0.25) is 0 Å². The van der Waals surface area contributed by atoms with E-state index in [0.717, 1.165) is 54.4 Å². The van der Waals surface area contributed by atoms with Gasteiger partial charge in [-0.2, -0.15) is 0 Å². The summed E-state index contributed by atoms with van der Waals surface area (Å²) in [6, 6.07) is 0. The highest BCUT2D eigenvalue weighted by atomic mass is 32.1. The van der Waals surface area contributed by atoms with Crippen LogP contribution in [-0.4, -0.2) is 52.8 Å². The van der Waals surface area contributed by atoms with Crippen molar-refractivity contribution in [3.63, 3.8) is 0 Å². The molecule has 0 radical (unpaired) electrons. The average Bonchev–Trinajstić information content (AvgIpc) is 3.23. The highest BCUT2D eigenvalue weighted by Crippen LogP contribution is 2.31. The van der Waals surface area contributed by atoms with E-state index in [4.69, 9.17) is 0 Å². The molecule has 2 aliphatic rings. The topological polar surface area (TPSA) is 53.5 Å². The number of carbonyl (C=O) groups is 2. The fourth-order valence-electron chi connectivity index (χ4n) is 3.58. The van der Waals surface area contributed by atoms with E-state index in [0.29, 0.717) is 19.0 Å². The molecule has 2 fully saturated rings. The van der Waals surface area contributed by atoms with E-state index in [2.05, 4.69) is 25.8 Å². The molecule has 1 aromatic rings. The Morgan fingerprint density at radius 3 is 2.16 bits per heavy atom. The van der Waals surface area contributed by atoms with E-state index in [9.17, 15) is 9.59 Å². The minimum atomic E-state index is -0.0386. The quantitative estimate of drug-likeness (QED) is 0.811. The summed E-state index contributed by atoms with van der Waals surface area (Å²) in [4.78, 5) is 34.7. The van der Waals surface area contributed by atoms with Crippen LogP contribution in [0.1, 0.15) is 66.8 Å². The van der Waals surface area contributed by atoms with Crippen molar-refractivity contribution >= 4 is 23.2 Å². The number of likely N-dealkylation sites (tertiary alicyclic amines) is 2. The molecule has 2 amide bonds. The number of aryl methyl sites for hydroxylation is 1. The predicted molar refractivity (Wildman–Crippen MR) is 100.0 cm³/mol. The summed E-state index contributed by atoms with van der Waals surface area (Å²) < 4.78 is 0. The maximum absolute atomic E-state index is 12.9. The van der Waals surface area contributed by atoms with Crippen LogP contribution >= 0.6 is 11.3 Å². The van der Waals surface area contributed by atoms with Gasteiger partial charge in [-0.05, 0) is 32.6 Å². The third kappa shape index (κ3) is 3.89. The van der Waals surface area contributed by atoms with E-state index in [1.165, 1.54) is 11.3 Å². The van der Waals surface area contributed by atoms with Crippen molar-refractivity contribution in [3.8, 4) is 0 Å². The third-order valence-corrected chi connectivity index (χ3v) is 6.75. The number of rotatable bonds is 2. The molecule has 3 rings (SSSR count). The molecule has 0 bridgehead atoms. The molecule has 0 aliphatic carbocycles. The van der Waals surface area contributed by atoms with Crippen molar-refractivity contribution in [2.24, 2.45) is 5.92 Å². The van der Waals surface area contributed by atoms with Crippen LogP contribution in [0.5, 0.6) is 0 Å². The second kappa shape index (κ2) is 7.06. The van der Waals surface area contributed by atoms with Gasteiger partial charge >= 0.3 is 0 Å². The Hall–Kier alpha value is -1.43. The first-order valence-electron chi connectivity index (χ1n) is 9.33. The molecule has 138 valence electrons. The van der Waals surface area contributed by atoms with Crippen LogP contribution in [-0.2, 0) is 10.2 Å². The van der Waals surface area contributed by atoms with Crippen molar-refractivity contribution < 1.29 is 9.59 Å². The van der Waals surface area contributed by atoms with E-state index in [1.807, 2.05) is 16.7 Å². The largest absolute Gasteiger partial charge is 0.342 e. The summed E-state index contributed by atoms with van der Waals surface area (Å²) >= 11 is 1.52. The molecule has 5 nitrogen and oxygen atoms in total. The molecule has 2 saturated heterocycles. The predicted octanol–water partition coefficient (Wildman–Crippen LogP) is 3.22. The second-order valence-electron chi connectivity index (χ2n) is 8.28. The molecule has 25 heavy (non-hydrogen) atoms. The van der Waals surface area contributed by atoms with Gasteiger partial charge in [0.25, 0.3) is 5.91 Å². The zero-order valence-electron chi connectivity index (χ0n) is 15.8. The molecule has 0 unspecified atom stereocenters. The van der Waals surface area contributed by atoms with Gasteiger partial charge < -0.3 is 9.80 Å². The first kappa shape index (κ1) is 18.4. The zero-order valence-corrected chi connectivity index (χ0v) is 16.6. The molecule has 6 heteroatoms. The average molecular weight is 364 g/mol. The van der Waals surface area contributed by atoms with Gasteiger partial charge in [-0.15, -0.1) is 11.3 Å². The van der Waals surface area contributed by atoms with Crippen molar-refractivity contribution in [2.45, 2.75) is 58.8 Å². The number of piperidine rings is 1. The van der Waals surface area contributed by atoms with Crippen LogP contribution in [0.15, 0.2) is 0 Å². The maximum Gasteiger partial charge on any atom is 0.265 e. The molecule has 1 aromatic heterocycles. The van der Waals surface area contributed by atoms with E-state index in [1.54, 1.807) is 0 Å². The number of amides is 2. The van der Waals surface area contributed by atoms with Gasteiger partial charge in [-0.1, -0.05) is 20.8 Å². The normalized spacial score (nSPS) is 19.5. The highest BCUT2D eigenvalue weighted by Gasteiger charge is 2.33. The number of aromatic nitrogens is 1. The lowest BCUT2D eigenvalue weighted by molar-refractivity contribution is -0.135. The fraction of sp³-hybridized carbons (Fsp3) is 0.737. The van der Waals surface area contributed by atoms with E-state index < -0.39 is 0 Å². The zero-order chi connectivity index (χ0) is 18.2. The standard InChI is InChI=1S/C19H29N3O2S/c1-13-15(25-18(20-13)19(2,3)4)17(24)22-11-7-14(8-12-22)16(23)21-9-5-6-10-21/h14H,5-12H2,1-4H3. The molecular weight excluding hydrogens is 334 g/mol. The van der Waals surface area contributed by atoms with Gasteiger partial charge in [-0.25, -0.2) is 4.98 Å². The van der Waals surface area contributed by atoms with Crippen LogP contribution in [0.4, 0.5) is 0 Å². The Balaban J connectivity index is 1.62. The van der Waals surface area contributed by atoms with Gasteiger partial charge in [0.05, 0.1) is 10.7 Å². The van der Waals surface area contributed by atoms with Crippen molar-refractivity contribution in [3.05, 3.63) is 15.6 Å². The van der Waals surface area contributed by atoms with Gasteiger partial charge in [0.15, 0.2) is 0 Å². The van der Waals surface area contributed by atoms with Crippen molar-refractivity contribution in [1.82, 2.24) is 14.8 Å². The van der Waals surface area contributed by atoms with Crippen LogP contribution in [0.25, 0.3) is 0 Å². The Bertz CT molecular complexity index is 648. The summed E-state index contributed by atoms with van der Waals surface area (Å²) in [6.07, 6.45) is 3.82. The SMILES string of the molecule is Cc1nc(C(C)(C)C)sc1C(=O)N1CCC(C(=O)N2CCCC2)CC1. The molecule has 3 heterocycles. The summed E-state index contributed by atoms with van der Waals surface area (Å²) in [5, 5.41) is 1.01. The van der Waals surface area contributed by atoms with Crippen molar-refractivity contribution in [1.29, 1.82) is 0 Å². The third-order valence-electron chi connectivity index (χ3n) is 5.18. The molecule has 0 spiro atoms. The number of carbonyl (C=O) groups excluding carboxylic acids is 2. The number of nitrogens with zero attached hydrogens (tertiary/aromatic N) is 3.